The van der Waals surface area contributed by atoms with Crippen LogP contribution in [0.5, 0.6) is 0 Å². The quantitative estimate of drug-likeness (QED) is 0.180. The molecule has 0 aromatic heterocycles. The van der Waals surface area contributed by atoms with E-state index in [4.69, 9.17) is 9.47 Å². The molecular formula is C26H55N4O4+. The molecule has 1 amide bonds. The number of nitrogens with one attached hydrogen (secondary N) is 2. The Labute approximate surface area is 209 Å². The van der Waals surface area contributed by atoms with E-state index in [0.29, 0.717) is 63.8 Å². The van der Waals surface area contributed by atoms with Crippen molar-refractivity contribution >= 4 is 11.7 Å². The first-order valence-electron chi connectivity index (χ1n) is 13.1. The minimum Gasteiger partial charge on any atom is -0.376 e. The Morgan fingerprint density at radius 2 is 1.53 bits per heavy atom. The fraction of sp³-hybridized carbons (Fsp3) is 0.923. The Balaban J connectivity index is 3.70. The minimum absolute atomic E-state index is 0.0320. The van der Waals surface area contributed by atoms with Gasteiger partial charge in [0.15, 0.2) is 0 Å². The lowest BCUT2D eigenvalue weighted by Gasteiger charge is -2.23. The van der Waals surface area contributed by atoms with Gasteiger partial charge in [0, 0.05) is 39.0 Å². The molecule has 0 aliphatic carbocycles. The van der Waals surface area contributed by atoms with Crippen molar-refractivity contribution in [3.63, 3.8) is 0 Å². The smallest absolute Gasteiger partial charge is 0.221 e. The number of likely N-dealkylation sites (N-methyl/N-ethyl adjacent to an activating group) is 1. The maximum absolute atomic E-state index is 11.9. The maximum Gasteiger partial charge on any atom is 0.221 e. The van der Waals surface area contributed by atoms with Crippen molar-refractivity contribution in [3.8, 4) is 0 Å². The minimum atomic E-state index is 0.0320. The lowest BCUT2D eigenvalue weighted by atomic mass is 10.0. The summed E-state index contributed by atoms with van der Waals surface area (Å²) in [5.41, 5.74) is 0. The molecule has 8 heteroatoms. The second kappa shape index (κ2) is 19.2. The van der Waals surface area contributed by atoms with Crippen LogP contribution < -0.4 is 10.6 Å². The highest BCUT2D eigenvalue weighted by atomic mass is 16.5. The van der Waals surface area contributed by atoms with Gasteiger partial charge in [0.1, 0.15) is 5.78 Å². The number of carbonyl (C=O) groups excluding carboxylic acids is 2. The average Bonchev–Trinajstić information content (AvgIpc) is 2.72. The zero-order valence-corrected chi connectivity index (χ0v) is 23.5. The standard InChI is InChI=1S/C26H54N4O4/c1-22(11-9-12-25(31)13-10-17-29(4)5)20-33-24(3)21-34-23(2)19-27-15-14-26(32)28-16-18-30(6,7)8/h22-24,27H,9-21H2,1-8H3/p+1. The third-order valence-corrected chi connectivity index (χ3v) is 5.56. The second-order valence-electron chi connectivity index (χ2n) is 11.0. The number of carbonyl (C=O) groups is 2. The van der Waals surface area contributed by atoms with Gasteiger partial charge in [-0.2, -0.15) is 0 Å². The number of nitrogens with zero attached hydrogens (tertiary/aromatic N) is 2. The molecule has 3 atom stereocenters. The van der Waals surface area contributed by atoms with E-state index in [2.05, 4.69) is 43.6 Å². The summed E-state index contributed by atoms with van der Waals surface area (Å²) in [5, 5.41) is 6.25. The SMILES string of the molecule is CC(CCCC(=O)CCCN(C)C)COC(C)COC(C)CNCCC(=O)NCC[N+](C)(C)C. The molecule has 0 saturated heterocycles. The number of Topliss-reactive ketones (excluding diaryl/α,β-unsaturated/α-hetero) is 1. The predicted octanol–water partition coefficient (Wildman–Crippen LogP) is 2.32. The Morgan fingerprint density at radius 1 is 0.882 bits per heavy atom. The third-order valence-electron chi connectivity index (χ3n) is 5.56. The summed E-state index contributed by atoms with van der Waals surface area (Å²) in [6, 6.07) is 0. The molecule has 2 N–H and O–H groups in total. The molecule has 202 valence electrons. The summed E-state index contributed by atoms with van der Waals surface area (Å²) >= 11 is 0. The highest BCUT2D eigenvalue weighted by Gasteiger charge is 2.11. The van der Waals surface area contributed by atoms with Gasteiger partial charge < -0.3 is 29.5 Å². The molecule has 0 aromatic rings. The van der Waals surface area contributed by atoms with Gasteiger partial charge in [-0.15, -0.1) is 0 Å². The largest absolute Gasteiger partial charge is 0.376 e. The van der Waals surface area contributed by atoms with Crippen LogP contribution in [-0.4, -0.2) is 114 Å². The van der Waals surface area contributed by atoms with Crippen LogP contribution in [0.15, 0.2) is 0 Å². The molecule has 0 spiro atoms. The number of rotatable bonds is 22. The van der Waals surface area contributed by atoms with Crippen LogP contribution in [-0.2, 0) is 19.1 Å². The van der Waals surface area contributed by atoms with E-state index < -0.39 is 0 Å². The summed E-state index contributed by atoms with van der Waals surface area (Å²) in [7, 11) is 10.4. The molecule has 8 nitrogen and oxygen atoms in total. The Hall–Kier alpha value is -1.06. The lowest BCUT2D eigenvalue weighted by molar-refractivity contribution is -0.869. The normalized spacial score (nSPS) is 14.7. The van der Waals surface area contributed by atoms with Crippen molar-refractivity contribution in [1.29, 1.82) is 0 Å². The molecule has 0 heterocycles. The Kier molecular flexibility index (Phi) is 18.6. The summed E-state index contributed by atoms with van der Waals surface area (Å²) < 4.78 is 12.6. The Bertz CT molecular complexity index is 537. The molecule has 0 rings (SSSR count). The second-order valence-corrected chi connectivity index (χ2v) is 11.0. The molecule has 0 radical (unpaired) electrons. The molecule has 0 fully saturated rings. The number of ether oxygens (including phenoxy) is 2. The van der Waals surface area contributed by atoms with Crippen LogP contribution in [0.4, 0.5) is 0 Å². The van der Waals surface area contributed by atoms with Crippen molar-refractivity contribution < 1.29 is 23.5 Å². The average molecular weight is 488 g/mol. The van der Waals surface area contributed by atoms with E-state index >= 15 is 0 Å². The van der Waals surface area contributed by atoms with E-state index in [1.54, 1.807) is 0 Å². The Morgan fingerprint density at radius 3 is 2.18 bits per heavy atom. The maximum atomic E-state index is 11.9. The number of amides is 1. The predicted molar refractivity (Wildman–Crippen MR) is 140 cm³/mol. The van der Waals surface area contributed by atoms with Gasteiger partial charge in [0.25, 0.3) is 0 Å². The van der Waals surface area contributed by atoms with Gasteiger partial charge >= 0.3 is 0 Å². The summed E-state index contributed by atoms with van der Waals surface area (Å²) in [6.45, 7) is 11.4. The molecule has 0 bridgehead atoms. The molecule has 3 unspecified atom stereocenters. The monoisotopic (exact) mass is 487 g/mol. The van der Waals surface area contributed by atoms with Gasteiger partial charge in [0.2, 0.25) is 5.91 Å². The molecule has 0 aliphatic heterocycles. The van der Waals surface area contributed by atoms with E-state index in [1.807, 2.05) is 27.9 Å². The first-order chi connectivity index (χ1) is 15.9. The van der Waals surface area contributed by atoms with Crippen molar-refractivity contribution in [3.05, 3.63) is 0 Å². The van der Waals surface area contributed by atoms with E-state index in [-0.39, 0.29) is 18.1 Å². The zero-order chi connectivity index (χ0) is 26.0. The number of hydrogen-bond donors (Lipinski definition) is 2. The number of quaternary nitrogens is 1. The third kappa shape index (κ3) is 22.7. The van der Waals surface area contributed by atoms with E-state index in [9.17, 15) is 9.59 Å². The first kappa shape index (κ1) is 32.9. The van der Waals surface area contributed by atoms with Gasteiger partial charge in [-0.05, 0) is 59.7 Å². The molecule has 0 saturated carbocycles. The molecular weight excluding hydrogens is 432 g/mol. The molecule has 0 aromatic carbocycles. The van der Waals surface area contributed by atoms with Crippen LogP contribution in [0.2, 0.25) is 0 Å². The van der Waals surface area contributed by atoms with Gasteiger partial charge in [-0.25, -0.2) is 0 Å². The van der Waals surface area contributed by atoms with Crippen LogP contribution in [0.3, 0.4) is 0 Å². The fourth-order valence-electron chi connectivity index (χ4n) is 3.31. The summed E-state index contributed by atoms with van der Waals surface area (Å²) in [4.78, 5) is 25.9. The highest BCUT2D eigenvalue weighted by molar-refractivity contribution is 5.78. The van der Waals surface area contributed by atoms with Crippen molar-refractivity contribution in [1.82, 2.24) is 15.5 Å². The van der Waals surface area contributed by atoms with Crippen LogP contribution in [0.25, 0.3) is 0 Å². The van der Waals surface area contributed by atoms with Crippen LogP contribution in [0.1, 0.15) is 59.3 Å². The van der Waals surface area contributed by atoms with Crippen LogP contribution in [0, 0.1) is 5.92 Å². The number of hydrogen-bond acceptors (Lipinski definition) is 6. The lowest BCUT2D eigenvalue weighted by Crippen LogP contribution is -2.42. The topological polar surface area (TPSA) is 79.9 Å². The zero-order valence-electron chi connectivity index (χ0n) is 23.5. The molecule has 0 aliphatic rings. The highest BCUT2D eigenvalue weighted by Crippen LogP contribution is 2.11. The molecule has 34 heavy (non-hydrogen) atoms. The first-order valence-corrected chi connectivity index (χ1v) is 13.1. The fourth-order valence-corrected chi connectivity index (χ4v) is 3.31. The summed E-state index contributed by atoms with van der Waals surface area (Å²) in [5.74, 6) is 0.892. The van der Waals surface area contributed by atoms with E-state index in [0.717, 1.165) is 36.8 Å². The van der Waals surface area contributed by atoms with Crippen LogP contribution >= 0.6 is 0 Å². The van der Waals surface area contributed by atoms with E-state index in [1.165, 1.54) is 0 Å². The van der Waals surface area contributed by atoms with Crippen molar-refractivity contribution in [2.24, 2.45) is 5.92 Å². The van der Waals surface area contributed by atoms with Gasteiger partial charge in [0.05, 0.1) is 53.0 Å². The van der Waals surface area contributed by atoms with Gasteiger partial charge in [-0.3, -0.25) is 9.59 Å². The van der Waals surface area contributed by atoms with Gasteiger partial charge in [-0.1, -0.05) is 6.92 Å². The van der Waals surface area contributed by atoms with Crippen molar-refractivity contribution in [2.75, 3.05) is 81.2 Å². The number of ketones is 1. The summed E-state index contributed by atoms with van der Waals surface area (Å²) in [6.07, 6.45) is 4.83. The van der Waals surface area contributed by atoms with Crippen molar-refractivity contribution in [2.45, 2.75) is 71.5 Å².